The van der Waals surface area contributed by atoms with Crippen LogP contribution in [0.4, 0.5) is 5.13 Å². The molecule has 3 aromatic rings. The molecule has 31 heavy (non-hydrogen) atoms. The highest BCUT2D eigenvalue weighted by Crippen LogP contribution is 2.40. The molecule has 164 valence electrons. The van der Waals surface area contributed by atoms with Gasteiger partial charge in [0, 0.05) is 31.2 Å². The maximum atomic E-state index is 12.6. The summed E-state index contributed by atoms with van der Waals surface area (Å²) in [6, 6.07) is 8.66. The molecule has 1 saturated heterocycles. The quantitative estimate of drug-likeness (QED) is 0.521. The van der Waals surface area contributed by atoms with Crippen LogP contribution in [0, 0.1) is 0 Å². The van der Waals surface area contributed by atoms with Gasteiger partial charge >= 0.3 is 0 Å². The van der Waals surface area contributed by atoms with Crippen molar-refractivity contribution in [3.05, 3.63) is 40.4 Å². The van der Waals surface area contributed by atoms with Crippen LogP contribution in [0.15, 0.2) is 30.3 Å². The second kappa shape index (κ2) is 9.38. The predicted octanol–water partition coefficient (Wildman–Crippen LogP) is 4.35. The minimum atomic E-state index is -0.0849. The van der Waals surface area contributed by atoms with Crippen molar-refractivity contribution < 1.29 is 19.0 Å². The number of anilines is 1. The Morgan fingerprint density at radius 3 is 2.39 bits per heavy atom. The molecule has 0 aliphatic carbocycles. The zero-order chi connectivity index (χ0) is 22.0. The average Bonchev–Trinajstić information content (AvgIpc) is 3.23. The van der Waals surface area contributed by atoms with Crippen molar-refractivity contribution in [2.75, 3.05) is 51.9 Å². The Morgan fingerprint density at radius 1 is 1.03 bits per heavy atom. The summed E-state index contributed by atoms with van der Waals surface area (Å²) in [6.45, 7) is 2.45. The van der Waals surface area contributed by atoms with E-state index in [1.54, 1.807) is 48.7 Å². The number of thiazole rings is 1. The molecule has 2 heterocycles. The number of aromatic nitrogens is 1. The van der Waals surface area contributed by atoms with Crippen molar-refractivity contribution in [3.8, 4) is 17.2 Å². The van der Waals surface area contributed by atoms with Gasteiger partial charge in [0.1, 0.15) is 27.5 Å². The summed E-state index contributed by atoms with van der Waals surface area (Å²) in [6.07, 6.45) is 0. The summed E-state index contributed by atoms with van der Waals surface area (Å²) in [5, 5.41) is 1.78. The first-order valence-corrected chi connectivity index (χ1v) is 11.2. The van der Waals surface area contributed by atoms with Gasteiger partial charge in [-0.15, -0.1) is 0 Å². The van der Waals surface area contributed by atoms with Crippen molar-refractivity contribution in [2.24, 2.45) is 0 Å². The lowest BCUT2D eigenvalue weighted by Crippen LogP contribution is -2.50. The average molecular weight is 482 g/mol. The Labute approximate surface area is 194 Å². The third-order valence-corrected chi connectivity index (χ3v) is 6.71. The highest BCUT2D eigenvalue weighted by atomic mass is 35.5. The normalized spacial score (nSPS) is 14.1. The molecule has 0 unspecified atom stereocenters. The van der Waals surface area contributed by atoms with Gasteiger partial charge in [-0.05, 0) is 30.3 Å². The number of carbonyl (C=O) groups is 1. The molecule has 0 bridgehead atoms. The van der Waals surface area contributed by atoms with Crippen LogP contribution in [0.3, 0.4) is 0 Å². The molecular weight excluding hydrogens is 461 g/mol. The van der Waals surface area contributed by atoms with E-state index in [0.717, 1.165) is 21.1 Å². The molecule has 10 heteroatoms. The summed E-state index contributed by atoms with van der Waals surface area (Å²) < 4.78 is 17.4. The van der Waals surface area contributed by atoms with Crippen LogP contribution < -0.4 is 19.1 Å². The maximum absolute atomic E-state index is 12.6. The first-order valence-electron chi connectivity index (χ1n) is 9.62. The first-order chi connectivity index (χ1) is 15.0. The van der Waals surface area contributed by atoms with Gasteiger partial charge in [0.25, 0.3) is 5.91 Å². The number of rotatable bonds is 6. The largest absolute Gasteiger partial charge is 0.495 e. The summed E-state index contributed by atoms with van der Waals surface area (Å²) >= 11 is 13.5. The Kier molecular flexibility index (Phi) is 6.60. The zero-order valence-corrected chi connectivity index (χ0v) is 19.4. The Balaban J connectivity index is 1.38. The number of piperazine rings is 1. The molecule has 1 fully saturated rings. The molecule has 0 saturated carbocycles. The van der Waals surface area contributed by atoms with Gasteiger partial charge in [-0.1, -0.05) is 34.5 Å². The number of methoxy groups -OCH3 is 2. The molecule has 7 nitrogen and oxygen atoms in total. The number of hydrogen-bond acceptors (Lipinski definition) is 7. The lowest BCUT2D eigenvalue weighted by molar-refractivity contribution is -0.133. The molecule has 0 spiro atoms. The number of hydrogen-bond donors (Lipinski definition) is 0. The van der Waals surface area contributed by atoms with Gasteiger partial charge in [-0.25, -0.2) is 4.98 Å². The molecule has 0 N–H and O–H groups in total. The van der Waals surface area contributed by atoms with Crippen molar-refractivity contribution in [2.45, 2.75) is 0 Å². The van der Waals surface area contributed by atoms with E-state index >= 15 is 0 Å². The van der Waals surface area contributed by atoms with Crippen LogP contribution >= 0.6 is 34.5 Å². The van der Waals surface area contributed by atoms with Gasteiger partial charge in [0.05, 0.1) is 19.2 Å². The number of fused-ring (bicyclic) bond motifs is 1. The standard InChI is InChI=1S/C21H21Cl2N3O4S/c1-28-16-5-6-17(29-2)20-19(16)24-21(31-20)26-9-7-25(8-10-26)18(27)12-30-15-4-3-13(22)11-14(15)23/h3-6,11H,7-10,12H2,1-2H3. The van der Waals surface area contributed by atoms with E-state index in [-0.39, 0.29) is 12.5 Å². The van der Waals surface area contributed by atoms with Crippen molar-refractivity contribution in [3.63, 3.8) is 0 Å². The van der Waals surface area contributed by atoms with E-state index in [2.05, 4.69) is 4.90 Å². The molecule has 2 aromatic carbocycles. The van der Waals surface area contributed by atoms with Crippen molar-refractivity contribution >= 4 is 55.8 Å². The second-order valence-corrected chi connectivity index (χ2v) is 8.70. The van der Waals surface area contributed by atoms with E-state index in [0.29, 0.717) is 47.7 Å². The number of carbonyl (C=O) groups excluding carboxylic acids is 1. The molecule has 1 aliphatic heterocycles. The SMILES string of the molecule is COc1ccc(OC)c2sc(N3CCN(C(=O)COc4ccc(Cl)cc4Cl)CC3)nc12. The van der Waals surface area contributed by atoms with Crippen molar-refractivity contribution in [1.82, 2.24) is 9.88 Å². The first kappa shape index (κ1) is 21.8. The highest BCUT2D eigenvalue weighted by Gasteiger charge is 2.25. The molecule has 1 aromatic heterocycles. The van der Waals surface area contributed by atoms with Crippen LogP contribution in [0.2, 0.25) is 10.0 Å². The lowest BCUT2D eigenvalue weighted by atomic mass is 10.3. The number of ether oxygens (including phenoxy) is 3. The number of nitrogens with zero attached hydrogens (tertiary/aromatic N) is 3. The minimum Gasteiger partial charge on any atom is -0.495 e. The minimum absolute atomic E-state index is 0.0725. The summed E-state index contributed by atoms with van der Waals surface area (Å²) in [5.74, 6) is 1.84. The van der Waals surface area contributed by atoms with E-state index in [9.17, 15) is 4.79 Å². The van der Waals surface area contributed by atoms with Crippen LogP contribution in [-0.2, 0) is 4.79 Å². The third kappa shape index (κ3) is 4.61. The molecule has 1 amide bonds. The van der Waals surface area contributed by atoms with Gasteiger partial charge < -0.3 is 24.0 Å². The molecule has 0 atom stereocenters. The fourth-order valence-electron chi connectivity index (χ4n) is 3.38. The topological polar surface area (TPSA) is 64.1 Å². The van der Waals surface area contributed by atoms with Crippen LogP contribution in [0.1, 0.15) is 0 Å². The fourth-order valence-corrected chi connectivity index (χ4v) is 4.97. The van der Waals surface area contributed by atoms with E-state index < -0.39 is 0 Å². The van der Waals surface area contributed by atoms with Crippen LogP contribution in [-0.4, -0.2) is 62.8 Å². The van der Waals surface area contributed by atoms with E-state index in [1.807, 2.05) is 12.1 Å². The third-order valence-electron chi connectivity index (χ3n) is 5.05. The summed E-state index contributed by atoms with van der Waals surface area (Å²) in [5.41, 5.74) is 0.786. The van der Waals surface area contributed by atoms with Gasteiger partial charge in [-0.3, -0.25) is 4.79 Å². The van der Waals surface area contributed by atoms with Crippen LogP contribution in [0.5, 0.6) is 17.2 Å². The number of halogens is 2. The summed E-state index contributed by atoms with van der Waals surface area (Å²) in [4.78, 5) is 21.3. The second-order valence-electron chi connectivity index (χ2n) is 6.88. The number of amides is 1. The van der Waals surface area contributed by atoms with Crippen molar-refractivity contribution in [1.29, 1.82) is 0 Å². The Hall–Kier alpha value is -2.42. The monoisotopic (exact) mass is 481 g/mol. The maximum Gasteiger partial charge on any atom is 0.260 e. The zero-order valence-electron chi connectivity index (χ0n) is 17.1. The van der Waals surface area contributed by atoms with E-state index in [1.165, 1.54) is 0 Å². The van der Waals surface area contributed by atoms with E-state index in [4.69, 9.17) is 42.4 Å². The predicted molar refractivity (Wildman–Crippen MR) is 123 cm³/mol. The Bertz CT molecular complexity index is 1060. The number of benzene rings is 2. The Morgan fingerprint density at radius 2 is 1.71 bits per heavy atom. The molecule has 0 radical (unpaired) electrons. The fraction of sp³-hybridized carbons (Fsp3) is 0.333. The van der Waals surface area contributed by atoms with Gasteiger partial charge in [-0.2, -0.15) is 0 Å². The van der Waals surface area contributed by atoms with Gasteiger partial charge in [0.15, 0.2) is 11.7 Å². The lowest BCUT2D eigenvalue weighted by Gasteiger charge is -2.34. The molecular formula is C21H21Cl2N3O4S. The summed E-state index contributed by atoms with van der Waals surface area (Å²) in [7, 11) is 3.27. The highest BCUT2D eigenvalue weighted by molar-refractivity contribution is 7.22. The molecule has 4 rings (SSSR count). The molecule has 1 aliphatic rings. The van der Waals surface area contributed by atoms with Crippen LogP contribution in [0.25, 0.3) is 10.2 Å². The van der Waals surface area contributed by atoms with Gasteiger partial charge in [0.2, 0.25) is 0 Å². The smallest absolute Gasteiger partial charge is 0.260 e.